The number of benzene rings is 1. The normalized spacial score (nSPS) is 15.4. The number of hydrogen-bond donors (Lipinski definition) is 1. The Kier molecular flexibility index (Phi) is 7.49. The average Bonchev–Trinajstić information content (AvgIpc) is 2.64. The number of amides is 1. The standard InChI is InChI=1S/C19H26N2O3/c1-24-19(23)17-9-6-16(7-10-17)8-11-18(22)20-12-5-15-21-13-3-2-4-14-21/h6-11H,2-5,12-15H2,1H3,(H,20,22)/b11-8+. The zero-order valence-electron chi connectivity index (χ0n) is 14.3. The Balaban J connectivity index is 1.67. The van der Waals surface area contributed by atoms with Gasteiger partial charge in [-0.2, -0.15) is 0 Å². The van der Waals surface area contributed by atoms with E-state index in [1.807, 2.05) is 0 Å². The first-order valence-electron chi connectivity index (χ1n) is 8.55. The number of piperidine rings is 1. The van der Waals surface area contributed by atoms with E-state index >= 15 is 0 Å². The van der Waals surface area contributed by atoms with Crippen molar-refractivity contribution in [3.05, 3.63) is 41.5 Å². The molecule has 0 bridgehead atoms. The molecule has 24 heavy (non-hydrogen) atoms. The second kappa shape index (κ2) is 9.88. The maximum atomic E-state index is 11.8. The summed E-state index contributed by atoms with van der Waals surface area (Å²) in [7, 11) is 1.35. The minimum absolute atomic E-state index is 0.0920. The highest BCUT2D eigenvalue weighted by molar-refractivity contribution is 5.92. The van der Waals surface area contributed by atoms with Gasteiger partial charge in [-0.15, -0.1) is 0 Å². The van der Waals surface area contributed by atoms with Gasteiger partial charge in [-0.05, 0) is 62.7 Å². The molecule has 130 valence electrons. The molecule has 0 aromatic heterocycles. The van der Waals surface area contributed by atoms with Crippen LogP contribution in [0.1, 0.15) is 41.6 Å². The number of carbonyl (C=O) groups is 2. The number of nitrogens with zero attached hydrogens (tertiary/aromatic N) is 1. The molecular weight excluding hydrogens is 304 g/mol. The van der Waals surface area contributed by atoms with Crippen LogP contribution in [0, 0.1) is 0 Å². The molecule has 0 radical (unpaired) electrons. The summed E-state index contributed by atoms with van der Waals surface area (Å²) in [6.07, 6.45) is 8.18. The van der Waals surface area contributed by atoms with Crippen LogP contribution in [0.3, 0.4) is 0 Å². The number of methoxy groups -OCH3 is 1. The number of likely N-dealkylation sites (tertiary alicyclic amines) is 1. The zero-order valence-corrected chi connectivity index (χ0v) is 14.3. The molecule has 0 saturated carbocycles. The molecule has 5 nitrogen and oxygen atoms in total. The highest BCUT2D eigenvalue weighted by atomic mass is 16.5. The Hall–Kier alpha value is -2.14. The molecule has 0 aliphatic carbocycles. The molecule has 1 N–H and O–H groups in total. The van der Waals surface area contributed by atoms with Gasteiger partial charge in [0.2, 0.25) is 5.91 Å². The summed E-state index contributed by atoms with van der Waals surface area (Å²) >= 11 is 0. The lowest BCUT2D eigenvalue weighted by atomic mass is 10.1. The van der Waals surface area contributed by atoms with Gasteiger partial charge in [0.1, 0.15) is 0 Å². The van der Waals surface area contributed by atoms with Crippen molar-refractivity contribution in [1.82, 2.24) is 10.2 Å². The number of hydrogen-bond acceptors (Lipinski definition) is 4. The van der Waals surface area contributed by atoms with Crippen LogP contribution in [0.2, 0.25) is 0 Å². The first-order valence-corrected chi connectivity index (χ1v) is 8.55. The highest BCUT2D eigenvalue weighted by Gasteiger charge is 2.09. The summed E-state index contributed by atoms with van der Waals surface area (Å²) in [6.45, 7) is 4.13. The second-order valence-electron chi connectivity index (χ2n) is 5.99. The van der Waals surface area contributed by atoms with Crippen molar-refractivity contribution in [2.45, 2.75) is 25.7 Å². The first kappa shape index (κ1) is 18.2. The quantitative estimate of drug-likeness (QED) is 0.474. The topological polar surface area (TPSA) is 58.6 Å². The van der Waals surface area contributed by atoms with Crippen molar-refractivity contribution in [3.63, 3.8) is 0 Å². The summed E-state index contributed by atoms with van der Waals surface area (Å²) in [6, 6.07) is 6.93. The largest absolute Gasteiger partial charge is 0.465 e. The van der Waals surface area contributed by atoms with E-state index in [9.17, 15) is 9.59 Å². The van der Waals surface area contributed by atoms with Gasteiger partial charge in [0.25, 0.3) is 0 Å². The van der Waals surface area contributed by atoms with Crippen LogP contribution in [0.4, 0.5) is 0 Å². The molecule has 1 aliphatic rings. The molecule has 1 aromatic carbocycles. The summed E-state index contributed by atoms with van der Waals surface area (Å²) in [5.74, 6) is -0.456. The lowest BCUT2D eigenvalue weighted by Gasteiger charge is -2.26. The van der Waals surface area contributed by atoms with E-state index in [0.29, 0.717) is 12.1 Å². The molecule has 1 aliphatic heterocycles. The summed E-state index contributed by atoms with van der Waals surface area (Å²) in [5, 5.41) is 2.90. The van der Waals surface area contributed by atoms with Gasteiger partial charge >= 0.3 is 5.97 Å². The van der Waals surface area contributed by atoms with Gasteiger partial charge in [0, 0.05) is 12.6 Å². The Bertz CT molecular complexity index is 560. The third-order valence-corrected chi connectivity index (χ3v) is 4.16. The predicted molar refractivity (Wildman–Crippen MR) is 94.7 cm³/mol. The Labute approximate surface area is 143 Å². The highest BCUT2D eigenvalue weighted by Crippen LogP contribution is 2.09. The predicted octanol–water partition coefficient (Wildman–Crippen LogP) is 2.48. The molecule has 1 fully saturated rings. The smallest absolute Gasteiger partial charge is 0.337 e. The maximum Gasteiger partial charge on any atom is 0.337 e. The number of nitrogens with one attached hydrogen (secondary N) is 1. The van der Waals surface area contributed by atoms with E-state index in [1.165, 1.54) is 45.5 Å². The molecule has 1 saturated heterocycles. The van der Waals surface area contributed by atoms with Gasteiger partial charge in [0.15, 0.2) is 0 Å². The van der Waals surface area contributed by atoms with E-state index in [4.69, 9.17) is 0 Å². The van der Waals surface area contributed by atoms with E-state index in [0.717, 1.165) is 18.5 Å². The molecule has 1 aromatic rings. The van der Waals surface area contributed by atoms with Gasteiger partial charge in [-0.3, -0.25) is 4.79 Å². The van der Waals surface area contributed by atoms with Crippen molar-refractivity contribution in [3.8, 4) is 0 Å². The number of carbonyl (C=O) groups excluding carboxylic acids is 2. The molecule has 0 unspecified atom stereocenters. The zero-order chi connectivity index (χ0) is 17.2. The second-order valence-corrected chi connectivity index (χ2v) is 5.99. The van der Waals surface area contributed by atoms with E-state index in [2.05, 4.69) is 15.0 Å². The molecular formula is C19H26N2O3. The lowest BCUT2D eigenvalue weighted by Crippen LogP contribution is -2.33. The Morgan fingerprint density at radius 2 is 1.88 bits per heavy atom. The molecule has 2 rings (SSSR count). The van der Waals surface area contributed by atoms with Crippen molar-refractivity contribution in [2.75, 3.05) is 33.3 Å². The number of rotatable bonds is 7. The van der Waals surface area contributed by atoms with Crippen molar-refractivity contribution >= 4 is 18.0 Å². The summed E-state index contributed by atoms with van der Waals surface area (Å²) in [5.41, 5.74) is 1.36. The fourth-order valence-electron chi connectivity index (χ4n) is 2.78. The molecule has 1 amide bonds. The maximum absolute atomic E-state index is 11.8. The minimum atomic E-state index is -0.364. The fraction of sp³-hybridized carbons (Fsp3) is 0.474. The van der Waals surface area contributed by atoms with Crippen LogP contribution < -0.4 is 5.32 Å². The molecule has 0 atom stereocenters. The molecule has 1 heterocycles. The van der Waals surface area contributed by atoms with E-state index in [-0.39, 0.29) is 11.9 Å². The lowest BCUT2D eigenvalue weighted by molar-refractivity contribution is -0.116. The average molecular weight is 330 g/mol. The SMILES string of the molecule is COC(=O)c1ccc(/C=C/C(=O)NCCCN2CCCCC2)cc1. The number of ether oxygens (including phenoxy) is 1. The van der Waals surface area contributed by atoms with Gasteiger partial charge < -0.3 is 15.0 Å². The monoisotopic (exact) mass is 330 g/mol. The van der Waals surface area contributed by atoms with E-state index in [1.54, 1.807) is 30.3 Å². The minimum Gasteiger partial charge on any atom is -0.465 e. The first-order chi connectivity index (χ1) is 11.7. The van der Waals surface area contributed by atoms with Crippen LogP contribution >= 0.6 is 0 Å². The van der Waals surface area contributed by atoms with Crippen molar-refractivity contribution in [1.29, 1.82) is 0 Å². The fourth-order valence-corrected chi connectivity index (χ4v) is 2.78. The number of esters is 1. The van der Waals surface area contributed by atoms with Gasteiger partial charge in [-0.25, -0.2) is 4.79 Å². The third-order valence-electron chi connectivity index (χ3n) is 4.16. The van der Waals surface area contributed by atoms with Crippen LogP contribution in [0.25, 0.3) is 6.08 Å². The molecule has 5 heteroatoms. The van der Waals surface area contributed by atoms with Crippen molar-refractivity contribution in [2.24, 2.45) is 0 Å². The van der Waals surface area contributed by atoms with Crippen LogP contribution in [0.15, 0.2) is 30.3 Å². The van der Waals surface area contributed by atoms with Crippen LogP contribution in [-0.4, -0.2) is 50.1 Å². The van der Waals surface area contributed by atoms with Crippen LogP contribution in [-0.2, 0) is 9.53 Å². The van der Waals surface area contributed by atoms with Gasteiger partial charge in [0.05, 0.1) is 12.7 Å². The van der Waals surface area contributed by atoms with Crippen molar-refractivity contribution < 1.29 is 14.3 Å². The Morgan fingerprint density at radius 1 is 1.17 bits per heavy atom. The molecule has 0 spiro atoms. The van der Waals surface area contributed by atoms with Gasteiger partial charge in [-0.1, -0.05) is 18.6 Å². The summed E-state index contributed by atoms with van der Waals surface area (Å²) in [4.78, 5) is 25.6. The third kappa shape index (κ3) is 6.16. The Morgan fingerprint density at radius 3 is 2.54 bits per heavy atom. The van der Waals surface area contributed by atoms with Crippen LogP contribution in [0.5, 0.6) is 0 Å². The summed E-state index contributed by atoms with van der Waals surface area (Å²) < 4.78 is 4.65. The van der Waals surface area contributed by atoms with E-state index < -0.39 is 0 Å².